The Hall–Kier alpha value is -1.68. The summed E-state index contributed by atoms with van der Waals surface area (Å²) in [7, 11) is -0.184. The highest BCUT2D eigenvalue weighted by Gasteiger charge is 2.39. The van der Waals surface area contributed by atoms with E-state index in [1.165, 1.54) is 12.0 Å². The topological polar surface area (TPSA) is 115 Å². The van der Waals surface area contributed by atoms with Crippen molar-refractivity contribution in [3.8, 4) is 0 Å². The van der Waals surface area contributed by atoms with Crippen LogP contribution in [0.1, 0.15) is 25.6 Å². The lowest BCUT2D eigenvalue weighted by atomic mass is 10.1. The third-order valence-electron chi connectivity index (χ3n) is 3.73. The highest BCUT2D eigenvalue weighted by Crippen LogP contribution is 2.16. The third kappa shape index (κ3) is 4.91. The second-order valence-electron chi connectivity index (χ2n) is 6.47. The average Bonchev–Trinajstić information content (AvgIpc) is 3.01. The molecule has 0 spiro atoms. The molecule has 10 heteroatoms. The molecule has 2 heterocycles. The van der Waals surface area contributed by atoms with Gasteiger partial charge in [-0.05, 0) is 5.92 Å². The summed E-state index contributed by atoms with van der Waals surface area (Å²) in [6, 6.07) is -0.975. The van der Waals surface area contributed by atoms with Gasteiger partial charge in [0.2, 0.25) is 5.89 Å². The summed E-state index contributed by atoms with van der Waals surface area (Å²) in [6.45, 7) is 4.25. The van der Waals surface area contributed by atoms with E-state index in [0.29, 0.717) is 24.1 Å². The van der Waals surface area contributed by atoms with Crippen LogP contribution in [0.3, 0.4) is 0 Å². The molecule has 1 aromatic rings. The number of carbonyl (C=O) groups is 1. The van der Waals surface area contributed by atoms with Gasteiger partial charge < -0.3 is 19.5 Å². The Morgan fingerprint density at radius 3 is 2.79 bits per heavy atom. The molecule has 136 valence electrons. The van der Waals surface area contributed by atoms with Gasteiger partial charge in [0.05, 0.1) is 23.7 Å². The summed E-state index contributed by atoms with van der Waals surface area (Å²) < 4.78 is 33.6. The Balaban J connectivity index is 1.91. The summed E-state index contributed by atoms with van der Waals surface area (Å²) in [6.07, 6.45) is 0.169. The predicted octanol–water partition coefficient (Wildman–Crippen LogP) is 0.222. The number of methoxy groups -OCH3 is 1. The zero-order valence-corrected chi connectivity index (χ0v) is 15.2. The first-order valence-electron chi connectivity index (χ1n) is 7.76. The van der Waals surface area contributed by atoms with Gasteiger partial charge in [-0.2, -0.15) is 4.98 Å². The average molecular weight is 360 g/mol. The fourth-order valence-electron chi connectivity index (χ4n) is 2.53. The number of aromatic nitrogens is 2. The van der Waals surface area contributed by atoms with Gasteiger partial charge >= 0.3 is 6.03 Å². The number of ether oxygens (including phenoxy) is 1. The maximum Gasteiger partial charge on any atom is 0.317 e. The van der Waals surface area contributed by atoms with Crippen LogP contribution in [0.15, 0.2) is 4.52 Å². The van der Waals surface area contributed by atoms with Crippen LogP contribution < -0.4 is 5.32 Å². The molecule has 1 fully saturated rings. The molecule has 0 aliphatic carbocycles. The smallest absolute Gasteiger partial charge is 0.317 e. The van der Waals surface area contributed by atoms with E-state index >= 15 is 0 Å². The minimum Gasteiger partial charge on any atom is -0.378 e. The van der Waals surface area contributed by atoms with Gasteiger partial charge in [0.25, 0.3) is 0 Å². The molecule has 1 N–H and O–H groups in total. The first-order chi connectivity index (χ1) is 11.2. The third-order valence-corrected chi connectivity index (χ3v) is 5.44. The maximum atomic E-state index is 12.2. The molecule has 0 bridgehead atoms. The van der Waals surface area contributed by atoms with E-state index in [0.717, 1.165) is 0 Å². The minimum absolute atomic E-state index is 0.0830. The maximum absolute atomic E-state index is 12.2. The zero-order valence-electron chi connectivity index (χ0n) is 14.4. The van der Waals surface area contributed by atoms with Crippen molar-refractivity contribution in [2.24, 2.45) is 5.92 Å². The molecule has 2 amide bonds. The first-order valence-corrected chi connectivity index (χ1v) is 9.58. The van der Waals surface area contributed by atoms with Crippen LogP contribution >= 0.6 is 0 Å². The molecule has 24 heavy (non-hydrogen) atoms. The van der Waals surface area contributed by atoms with Crippen molar-refractivity contribution in [2.45, 2.75) is 39.0 Å². The number of amides is 2. The normalized spacial score (nSPS) is 22.7. The van der Waals surface area contributed by atoms with Crippen LogP contribution in [0.25, 0.3) is 0 Å². The minimum atomic E-state index is -3.19. The van der Waals surface area contributed by atoms with Gasteiger partial charge in [0.15, 0.2) is 15.7 Å². The van der Waals surface area contributed by atoms with Gasteiger partial charge in [-0.3, -0.25) is 0 Å². The lowest BCUT2D eigenvalue weighted by molar-refractivity contribution is 0.0981. The van der Waals surface area contributed by atoms with Crippen molar-refractivity contribution in [1.29, 1.82) is 0 Å². The van der Waals surface area contributed by atoms with Crippen molar-refractivity contribution >= 4 is 15.9 Å². The molecule has 0 saturated carbocycles. The molecule has 9 nitrogen and oxygen atoms in total. The molecule has 0 radical (unpaired) electrons. The van der Waals surface area contributed by atoms with Gasteiger partial charge in [-0.1, -0.05) is 19.0 Å². The molecular weight excluding hydrogens is 336 g/mol. The highest BCUT2D eigenvalue weighted by molar-refractivity contribution is 7.91. The van der Waals surface area contributed by atoms with Gasteiger partial charge in [-0.25, -0.2) is 13.2 Å². The van der Waals surface area contributed by atoms with Gasteiger partial charge in [0.1, 0.15) is 6.54 Å². The molecule has 0 aromatic carbocycles. The Labute approximate surface area is 141 Å². The van der Waals surface area contributed by atoms with Crippen molar-refractivity contribution in [3.05, 3.63) is 11.7 Å². The van der Waals surface area contributed by atoms with Crippen LogP contribution in [0.5, 0.6) is 0 Å². The molecule has 1 aliphatic rings. The standard InChI is InChI=1S/C14H24N4O5S/c1-9(2)5-12-16-13(23-17-12)6-18(3)14(19)15-10-7-24(20,21)8-11(10)22-4/h9-11H,5-8H2,1-4H3,(H,15,19)/t10-,11-/m1/s1. The summed E-state index contributed by atoms with van der Waals surface area (Å²) in [4.78, 5) is 17.8. The fourth-order valence-corrected chi connectivity index (χ4v) is 4.38. The lowest BCUT2D eigenvalue weighted by Gasteiger charge is -2.22. The quantitative estimate of drug-likeness (QED) is 0.772. The van der Waals surface area contributed by atoms with E-state index in [2.05, 4.69) is 29.3 Å². The van der Waals surface area contributed by atoms with E-state index in [1.807, 2.05) is 0 Å². The Kier molecular flexibility index (Phi) is 5.81. The molecule has 1 aromatic heterocycles. The van der Waals surface area contributed by atoms with Gasteiger partial charge in [-0.15, -0.1) is 0 Å². The van der Waals surface area contributed by atoms with Crippen molar-refractivity contribution in [3.63, 3.8) is 0 Å². The molecule has 1 saturated heterocycles. The monoisotopic (exact) mass is 360 g/mol. The number of nitrogens with one attached hydrogen (secondary N) is 1. The van der Waals surface area contributed by atoms with Crippen LogP contribution in [-0.2, 0) is 27.5 Å². The second kappa shape index (κ2) is 7.47. The zero-order chi connectivity index (χ0) is 17.9. The Morgan fingerprint density at radius 2 is 2.17 bits per heavy atom. The fraction of sp³-hybridized carbons (Fsp3) is 0.786. The van der Waals surface area contributed by atoms with E-state index in [1.54, 1.807) is 7.05 Å². The summed E-state index contributed by atoms with van der Waals surface area (Å²) in [5.74, 6) is 1.15. The number of urea groups is 1. The number of carbonyl (C=O) groups excluding carboxylic acids is 1. The number of rotatable bonds is 6. The van der Waals surface area contributed by atoms with Gasteiger partial charge in [0, 0.05) is 20.6 Å². The van der Waals surface area contributed by atoms with E-state index in [-0.39, 0.29) is 18.1 Å². The predicted molar refractivity (Wildman–Crippen MR) is 86.1 cm³/mol. The van der Waals surface area contributed by atoms with Crippen molar-refractivity contribution in [1.82, 2.24) is 20.4 Å². The van der Waals surface area contributed by atoms with Crippen LogP contribution in [0.4, 0.5) is 4.79 Å². The largest absolute Gasteiger partial charge is 0.378 e. The number of hydrogen-bond donors (Lipinski definition) is 1. The molecule has 0 unspecified atom stereocenters. The summed E-state index contributed by atoms with van der Waals surface area (Å²) in [5.41, 5.74) is 0. The molecular formula is C14H24N4O5S. The van der Waals surface area contributed by atoms with Crippen LogP contribution in [0, 0.1) is 5.92 Å². The number of nitrogens with zero attached hydrogens (tertiary/aromatic N) is 3. The highest BCUT2D eigenvalue weighted by atomic mass is 32.2. The first kappa shape index (κ1) is 18.7. The van der Waals surface area contributed by atoms with Crippen LogP contribution in [0.2, 0.25) is 0 Å². The number of hydrogen-bond acceptors (Lipinski definition) is 7. The van der Waals surface area contributed by atoms with Crippen LogP contribution in [-0.4, -0.2) is 67.3 Å². The Morgan fingerprint density at radius 1 is 1.46 bits per heavy atom. The molecule has 1 aliphatic heterocycles. The number of sulfone groups is 1. The second-order valence-corrected chi connectivity index (χ2v) is 8.62. The van der Waals surface area contributed by atoms with Crippen molar-refractivity contribution < 1.29 is 22.5 Å². The van der Waals surface area contributed by atoms with E-state index in [9.17, 15) is 13.2 Å². The lowest BCUT2D eigenvalue weighted by Crippen LogP contribution is -2.48. The van der Waals surface area contributed by atoms with E-state index < -0.39 is 28.0 Å². The van der Waals surface area contributed by atoms with E-state index in [4.69, 9.17) is 9.26 Å². The Bertz CT molecular complexity index is 672. The SMILES string of the molecule is CO[C@@H]1CS(=O)(=O)C[C@H]1NC(=O)N(C)Cc1nc(CC(C)C)no1. The molecule has 2 atom stereocenters. The summed E-state index contributed by atoms with van der Waals surface area (Å²) >= 11 is 0. The summed E-state index contributed by atoms with van der Waals surface area (Å²) in [5, 5.41) is 6.56. The molecule has 2 rings (SSSR count). The van der Waals surface area contributed by atoms with Crippen molar-refractivity contribution in [2.75, 3.05) is 25.7 Å².